The lowest BCUT2D eigenvalue weighted by molar-refractivity contribution is -0.187. The quantitative estimate of drug-likeness (QED) is 0.467. The van der Waals surface area contributed by atoms with Crippen molar-refractivity contribution in [3.63, 3.8) is 0 Å². The minimum atomic E-state index is -1.14. The Labute approximate surface area is 140 Å². The molecule has 0 aromatic heterocycles. The number of hydrogen-bond acceptors (Lipinski definition) is 5. The predicted octanol–water partition coefficient (Wildman–Crippen LogP) is 1.13. The maximum Gasteiger partial charge on any atom is 0.229 e. The van der Waals surface area contributed by atoms with Gasteiger partial charge in [-0.2, -0.15) is 0 Å². The van der Waals surface area contributed by atoms with Crippen molar-refractivity contribution < 1.29 is 19.5 Å². The number of piperidine rings is 1. The maximum atomic E-state index is 12.7. The van der Waals surface area contributed by atoms with Crippen LogP contribution in [0.1, 0.15) is 32.1 Å². The third-order valence-electron chi connectivity index (χ3n) is 6.39. The van der Waals surface area contributed by atoms with Gasteiger partial charge in [0.25, 0.3) is 0 Å². The lowest BCUT2D eigenvalue weighted by Crippen LogP contribution is -2.71. The number of carbonyl (C=O) groups excluding carboxylic acids is 3. The normalized spacial score (nSPS) is 38.9. The second kappa shape index (κ2) is 5.07. The monoisotopic (exact) mass is 327 g/mol. The molecule has 4 rings (SSSR count). The molecule has 0 aromatic carbocycles. The lowest BCUT2D eigenvalue weighted by Gasteiger charge is -2.63. The highest BCUT2D eigenvalue weighted by Gasteiger charge is 2.66. The summed E-state index contributed by atoms with van der Waals surface area (Å²) in [6.45, 7) is 5.15. The number of Topliss-reactive ketones (excluding diaryl/α,β-unsaturated/α-hetero) is 2. The fourth-order valence-electron chi connectivity index (χ4n) is 5.35. The molecule has 1 saturated carbocycles. The van der Waals surface area contributed by atoms with E-state index in [1.54, 1.807) is 6.08 Å². The maximum absolute atomic E-state index is 12.7. The summed E-state index contributed by atoms with van der Waals surface area (Å²) >= 11 is 0. The Morgan fingerprint density at radius 1 is 1.29 bits per heavy atom. The first-order valence-corrected chi connectivity index (χ1v) is 8.52. The van der Waals surface area contributed by atoms with Gasteiger partial charge >= 0.3 is 0 Å². The van der Waals surface area contributed by atoms with Gasteiger partial charge in [-0.1, -0.05) is 12.2 Å². The zero-order valence-electron chi connectivity index (χ0n) is 13.6. The molecule has 4 aliphatic rings. The first-order chi connectivity index (χ1) is 11.4. The van der Waals surface area contributed by atoms with Crippen LogP contribution in [0, 0.1) is 5.41 Å². The van der Waals surface area contributed by atoms with Crippen molar-refractivity contribution in [3.05, 3.63) is 36.0 Å². The summed E-state index contributed by atoms with van der Waals surface area (Å²) < 4.78 is 0. The molecule has 0 aromatic rings. The largest absolute Gasteiger partial charge is 0.387 e. The van der Waals surface area contributed by atoms with Crippen LogP contribution >= 0.6 is 0 Å². The average Bonchev–Trinajstić information content (AvgIpc) is 2.54. The number of ketones is 3. The molecule has 3 atom stereocenters. The smallest absolute Gasteiger partial charge is 0.229 e. The molecule has 5 heteroatoms. The summed E-state index contributed by atoms with van der Waals surface area (Å²) in [6, 6.07) is -0.151. The van der Waals surface area contributed by atoms with Gasteiger partial charge in [0.05, 0.1) is 5.60 Å². The van der Waals surface area contributed by atoms with E-state index in [1.165, 1.54) is 6.08 Å². The highest BCUT2D eigenvalue weighted by molar-refractivity contribution is 6.48. The Kier molecular flexibility index (Phi) is 3.31. The van der Waals surface area contributed by atoms with Gasteiger partial charge < -0.3 is 5.11 Å². The van der Waals surface area contributed by atoms with E-state index in [4.69, 9.17) is 0 Å². The van der Waals surface area contributed by atoms with E-state index in [2.05, 4.69) is 11.5 Å². The first-order valence-electron chi connectivity index (χ1n) is 8.52. The van der Waals surface area contributed by atoms with Gasteiger partial charge in [0.15, 0.2) is 0 Å². The molecular formula is C19H21NO4. The van der Waals surface area contributed by atoms with Crippen molar-refractivity contribution in [2.45, 2.75) is 43.7 Å². The molecule has 1 heterocycles. The van der Waals surface area contributed by atoms with Crippen LogP contribution in [0.3, 0.4) is 0 Å². The highest BCUT2D eigenvalue weighted by atomic mass is 16.3. The first kappa shape index (κ1) is 15.7. The van der Waals surface area contributed by atoms with Gasteiger partial charge in [0, 0.05) is 36.4 Å². The van der Waals surface area contributed by atoms with Crippen LogP contribution in [0.5, 0.6) is 0 Å². The van der Waals surface area contributed by atoms with Gasteiger partial charge in [-0.25, -0.2) is 0 Å². The molecule has 0 radical (unpaired) electrons. The predicted molar refractivity (Wildman–Crippen MR) is 87.2 cm³/mol. The van der Waals surface area contributed by atoms with Crippen molar-refractivity contribution in [2.24, 2.45) is 5.41 Å². The van der Waals surface area contributed by atoms with E-state index < -0.39 is 22.6 Å². The second-order valence-electron chi connectivity index (χ2n) is 7.40. The van der Waals surface area contributed by atoms with Gasteiger partial charge in [-0.15, -0.1) is 6.58 Å². The van der Waals surface area contributed by atoms with Crippen molar-refractivity contribution >= 4 is 17.3 Å². The molecule has 0 amide bonds. The third-order valence-corrected chi connectivity index (χ3v) is 6.39. The minimum absolute atomic E-state index is 0.0687. The number of likely N-dealkylation sites (tertiary alicyclic amines) is 1. The van der Waals surface area contributed by atoms with E-state index in [9.17, 15) is 19.5 Å². The molecule has 24 heavy (non-hydrogen) atoms. The van der Waals surface area contributed by atoms with Crippen molar-refractivity contribution in [2.75, 3.05) is 13.1 Å². The van der Waals surface area contributed by atoms with E-state index in [1.807, 2.05) is 6.08 Å². The molecule has 3 aliphatic carbocycles. The summed E-state index contributed by atoms with van der Waals surface area (Å²) in [6.07, 6.45) is 6.75. The Hall–Kier alpha value is -1.85. The van der Waals surface area contributed by atoms with Crippen LogP contribution in [-0.2, 0) is 14.4 Å². The van der Waals surface area contributed by atoms with Gasteiger partial charge in [-0.05, 0) is 37.5 Å². The summed E-state index contributed by atoms with van der Waals surface area (Å²) in [5.41, 5.74) is -0.810. The fraction of sp³-hybridized carbons (Fsp3) is 0.526. The van der Waals surface area contributed by atoms with Crippen molar-refractivity contribution in [1.29, 1.82) is 0 Å². The van der Waals surface area contributed by atoms with Crippen LogP contribution in [0.25, 0.3) is 0 Å². The topological polar surface area (TPSA) is 74.7 Å². The molecule has 2 bridgehead atoms. The summed E-state index contributed by atoms with van der Waals surface area (Å²) in [5.74, 6) is -1.01. The molecule has 1 unspecified atom stereocenters. The van der Waals surface area contributed by atoms with E-state index >= 15 is 0 Å². The Bertz CT molecular complexity index is 734. The Balaban J connectivity index is 1.93. The number of hydrogen-bond donors (Lipinski definition) is 1. The van der Waals surface area contributed by atoms with E-state index in [0.717, 1.165) is 5.57 Å². The van der Waals surface area contributed by atoms with Gasteiger partial charge in [-0.3, -0.25) is 19.3 Å². The van der Waals surface area contributed by atoms with Crippen LogP contribution < -0.4 is 0 Å². The number of aliphatic hydroxyl groups is 1. The fourth-order valence-corrected chi connectivity index (χ4v) is 5.35. The molecule has 5 nitrogen and oxygen atoms in total. The summed E-state index contributed by atoms with van der Waals surface area (Å²) in [7, 11) is 0. The van der Waals surface area contributed by atoms with Gasteiger partial charge in [0.1, 0.15) is 5.78 Å². The zero-order valence-corrected chi connectivity index (χ0v) is 13.6. The van der Waals surface area contributed by atoms with Crippen molar-refractivity contribution in [3.8, 4) is 0 Å². The standard InChI is InChI=1S/C19H21NO4/c1-2-8-20-9-7-18-11-13(21)5-6-19(18,24)15(20)10-12-3-4-14(22)17(23)16(12)18/h2-4,15,24H,1,5-11H2/t15?,18-,19-/m1/s1. The number of carbonyl (C=O) groups is 3. The van der Waals surface area contributed by atoms with Crippen LogP contribution in [0.2, 0.25) is 0 Å². The molecule has 1 aliphatic heterocycles. The van der Waals surface area contributed by atoms with Gasteiger partial charge in [0.2, 0.25) is 11.6 Å². The second-order valence-corrected chi connectivity index (χ2v) is 7.40. The summed E-state index contributed by atoms with van der Waals surface area (Å²) in [4.78, 5) is 39.1. The molecule has 126 valence electrons. The molecule has 2 fully saturated rings. The molecule has 1 N–H and O–H groups in total. The Morgan fingerprint density at radius 3 is 2.83 bits per heavy atom. The minimum Gasteiger partial charge on any atom is -0.387 e. The van der Waals surface area contributed by atoms with E-state index in [0.29, 0.717) is 44.3 Å². The zero-order chi connectivity index (χ0) is 17.1. The third kappa shape index (κ3) is 1.80. The number of rotatable bonds is 2. The molecule has 0 spiro atoms. The highest BCUT2D eigenvalue weighted by Crippen LogP contribution is 2.61. The van der Waals surface area contributed by atoms with Crippen LogP contribution in [-0.4, -0.2) is 52.1 Å². The number of allylic oxidation sites excluding steroid dienone is 2. The Morgan fingerprint density at radius 2 is 2.08 bits per heavy atom. The molecule has 1 saturated heterocycles. The van der Waals surface area contributed by atoms with E-state index in [-0.39, 0.29) is 18.2 Å². The van der Waals surface area contributed by atoms with Crippen LogP contribution in [0.4, 0.5) is 0 Å². The number of nitrogens with zero attached hydrogens (tertiary/aromatic N) is 1. The average molecular weight is 327 g/mol. The molecular weight excluding hydrogens is 306 g/mol. The van der Waals surface area contributed by atoms with Crippen LogP contribution in [0.15, 0.2) is 36.0 Å². The lowest BCUT2D eigenvalue weighted by atomic mass is 9.48. The van der Waals surface area contributed by atoms with Crippen molar-refractivity contribution in [1.82, 2.24) is 4.90 Å². The summed E-state index contributed by atoms with van der Waals surface area (Å²) in [5, 5.41) is 11.7. The SMILES string of the molecule is C=CCN1CC[C@]23CC(=O)CC[C@@]2(O)C1CC1=C3C(=O)C(=O)C=C1.